The first-order valence-corrected chi connectivity index (χ1v) is 5.77. The first-order valence-electron chi connectivity index (χ1n) is 5.77. The SMILES string of the molecule is Cc1c(N)cccc1CCC(C)COC(N)=O. The van der Waals surface area contributed by atoms with Crippen LogP contribution in [0.2, 0.25) is 0 Å². The summed E-state index contributed by atoms with van der Waals surface area (Å²) >= 11 is 0. The van der Waals surface area contributed by atoms with Gasteiger partial charge in [-0.3, -0.25) is 0 Å². The Hall–Kier alpha value is -1.71. The van der Waals surface area contributed by atoms with Crippen molar-refractivity contribution < 1.29 is 9.53 Å². The lowest BCUT2D eigenvalue weighted by molar-refractivity contribution is 0.138. The van der Waals surface area contributed by atoms with Gasteiger partial charge in [0.25, 0.3) is 0 Å². The lowest BCUT2D eigenvalue weighted by Gasteiger charge is -2.12. The smallest absolute Gasteiger partial charge is 0.404 e. The molecular weight excluding hydrogens is 216 g/mol. The fourth-order valence-electron chi connectivity index (χ4n) is 1.68. The molecule has 0 saturated heterocycles. The molecule has 0 aliphatic heterocycles. The van der Waals surface area contributed by atoms with Crippen LogP contribution in [0.3, 0.4) is 0 Å². The van der Waals surface area contributed by atoms with Crippen molar-refractivity contribution in [2.24, 2.45) is 11.7 Å². The molecule has 94 valence electrons. The predicted molar refractivity (Wildman–Crippen MR) is 68.6 cm³/mol. The van der Waals surface area contributed by atoms with Crippen LogP contribution in [0.1, 0.15) is 24.5 Å². The molecular formula is C13H20N2O2. The van der Waals surface area contributed by atoms with Gasteiger partial charge in [0.05, 0.1) is 6.61 Å². The monoisotopic (exact) mass is 236 g/mol. The second kappa shape index (κ2) is 6.13. The third kappa shape index (κ3) is 4.34. The Labute approximate surface area is 102 Å². The van der Waals surface area contributed by atoms with Crippen molar-refractivity contribution in [3.8, 4) is 0 Å². The average Bonchev–Trinajstić information content (AvgIpc) is 2.28. The van der Waals surface area contributed by atoms with Crippen LogP contribution in [0.5, 0.6) is 0 Å². The highest BCUT2D eigenvalue weighted by Crippen LogP contribution is 2.18. The van der Waals surface area contributed by atoms with Crippen LogP contribution in [0, 0.1) is 12.8 Å². The first-order chi connectivity index (χ1) is 8.00. The lowest BCUT2D eigenvalue weighted by Crippen LogP contribution is -2.17. The van der Waals surface area contributed by atoms with E-state index >= 15 is 0 Å². The number of rotatable bonds is 5. The third-order valence-corrected chi connectivity index (χ3v) is 2.90. The van der Waals surface area contributed by atoms with Gasteiger partial charge >= 0.3 is 6.09 Å². The highest BCUT2D eigenvalue weighted by atomic mass is 16.5. The van der Waals surface area contributed by atoms with E-state index in [1.54, 1.807) is 0 Å². The fourth-order valence-corrected chi connectivity index (χ4v) is 1.68. The molecule has 1 amide bonds. The van der Waals surface area contributed by atoms with Crippen LogP contribution >= 0.6 is 0 Å². The molecule has 17 heavy (non-hydrogen) atoms. The van der Waals surface area contributed by atoms with Gasteiger partial charge in [0.15, 0.2) is 0 Å². The maximum absolute atomic E-state index is 10.5. The van der Waals surface area contributed by atoms with Crippen molar-refractivity contribution in [3.63, 3.8) is 0 Å². The van der Waals surface area contributed by atoms with Crippen LogP contribution in [-0.2, 0) is 11.2 Å². The van der Waals surface area contributed by atoms with E-state index in [-0.39, 0.29) is 0 Å². The van der Waals surface area contributed by atoms with E-state index in [2.05, 4.69) is 6.07 Å². The Morgan fingerprint density at radius 3 is 2.82 bits per heavy atom. The molecule has 0 saturated carbocycles. The van der Waals surface area contributed by atoms with E-state index in [9.17, 15) is 4.79 Å². The van der Waals surface area contributed by atoms with Crippen LogP contribution in [0.25, 0.3) is 0 Å². The van der Waals surface area contributed by atoms with E-state index in [1.165, 1.54) is 5.56 Å². The van der Waals surface area contributed by atoms with Crippen molar-refractivity contribution in [2.45, 2.75) is 26.7 Å². The molecule has 1 atom stereocenters. The van der Waals surface area contributed by atoms with Crippen molar-refractivity contribution in [1.29, 1.82) is 0 Å². The molecule has 1 aromatic rings. The maximum Gasteiger partial charge on any atom is 0.404 e. The van der Waals surface area contributed by atoms with Gasteiger partial charge in [-0.15, -0.1) is 0 Å². The first kappa shape index (κ1) is 13.4. The summed E-state index contributed by atoms with van der Waals surface area (Å²) in [5, 5.41) is 0. The molecule has 0 spiro atoms. The summed E-state index contributed by atoms with van der Waals surface area (Å²) in [6, 6.07) is 5.94. The van der Waals surface area contributed by atoms with Crippen molar-refractivity contribution in [3.05, 3.63) is 29.3 Å². The number of benzene rings is 1. The summed E-state index contributed by atoms with van der Waals surface area (Å²) in [7, 11) is 0. The number of aryl methyl sites for hydroxylation is 1. The Bertz CT molecular complexity index is 391. The molecule has 0 fully saturated rings. The van der Waals surface area contributed by atoms with E-state index in [0.29, 0.717) is 12.5 Å². The molecule has 0 aromatic heterocycles. The number of nitrogen functional groups attached to an aromatic ring is 1. The zero-order chi connectivity index (χ0) is 12.8. The Kier molecular flexibility index (Phi) is 4.82. The second-order valence-corrected chi connectivity index (χ2v) is 4.41. The van der Waals surface area contributed by atoms with Crippen LogP contribution in [-0.4, -0.2) is 12.7 Å². The van der Waals surface area contributed by atoms with E-state index in [1.807, 2.05) is 26.0 Å². The van der Waals surface area contributed by atoms with Crippen molar-refractivity contribution in [2.75, 3.05) is 12.3 Å². The Balaban J connectivity index is 2.44. The fraction of sp³-hybridized carbons (Fsp3) is 0.462. The summed E-state index contributed by atoms with van der Waals surface area (Å²) in [5.74, 6) is 0.295. The molecule has 4 nitrogen and oxygen atoms in total. The summed E-state index contributed by atoms with van der Waals surface area (Å²) in [6.07, 6.45) is 1.16. The predicted octanol–water partition coefficient (Wildman–Crippen LogP) is 2.24. The molecule has 4 N–H and O–H groups in total. The minimum absolute atomic E-state index is 0.295. The topological polar surface area (TPSA) is 78.3 Å². The van der Waals surface area contributed by atoms with Gasteiger partial charge in [-0.2, -0.15) is 0 Å². The zero-order valence-corrected chi connectivity index (χ0v) is 10.4. The molecule has 4 heteroatoms. The number of anilines is 1. The maximum atomic E-state index is 10.5. The van der Waals surface area contributed by atoms with Crippen molar-refractivity contribution >= 4 is 11.8 Å². The largest absolute Gasteiger partial charge is 0.449 e. The number of carbonyl (C=O) groups excluding carboxylic acids is 1. The van der Waals surface area contributed by atoms with Gasteiger partial charge in [-0.25, -0.2) is 4.79 Å². The summed E-state index contributed by atoms with van der Waals surface area (Å²) in [5.41, 5.74) is 14.0. The molecule has 0 heterocycles. The van der Waals surface area contributed by atoms with Gasteiger partial charge in [0.2, 0.25) is 0 Å². The zero-order valence-electron chi connectivity index (χ0n) is 10.4. The number of hydrogen-bond donors (Lipinski definition) is 2. The highest BCUT2D eigenvalue weighted by Gasteiger charge is 2.07. The Morgan fingerprint density at radius 1 is 1.47 bits per heavy atom. The number of nitrogens with two attached hydrogens (primary N) is 2. The van der Waals surface area contributed by atoms with E-state index in [4.69, 9.17) is 16.2 Å². The van der Waals surface area contributed by atoms with Crippen LogP contribution in [0.15, 0.2) is 18.2 Å². The number of carbonyl (C=O) groups is 1. The van der Waals surface area contributed by atoms with Gasteiger partial charge < -0.3 is 16.2 Å². The molecule has 1 unspecified atom stereocenters. The number of primary amides is 1. The summed E-state index contributed by atoms with van der Waals surface area (Å²) < 4.78 is 4.76. The molecule has 0 radical (unpaired) electrons. The van der Waals surface area contributed by atoms with Crippen molar-refractivity contribution in [1.82, 2.24) is 0 Å². The molecule has 0 aliphatic rings. The number of hydrogen-bond acceptors (Lipinski definition) is 3. The van der Waals surface area contributed by atoms with Gasteiger partial charge in [0.1, 0.15) is 0 Å². The second-order valence-electron chi connectivity index (χ2n) is 4.41. The minimum Gasteiger partial charge on any atom is -0.449 e. The normalized spacial score (nSPS) is 12.1. The summed E-state index contributed by atoms with van der Waals surface area (Å²) in [4.78, 5) is 10.5. The minimum atomic E-state index is -0.711. The van der Waals surface area contributed by atoms with E-state index in [0.717, 1.165) is 24.1 Å². The quantitative estimate of drug-likeness (QED) is 0.769. The lowest BCUT2D eigenvalue weighted by atomic mass is 9.98. The number of ether oxygens (including phenoxy) is 1. The summed E-state index contributed by atoms with van der Waals surface area (Å²) in [6.45, 7) is 4.43. The third-order valence-electron chi connectivity index (χ3n) is 2.90. The molecule has 1 rings (SSSR count). The molecule has 0 bridgehead atoms. The van der Waals surface area contributed by atoms with Crippen LogP contribution in [0.4, 0.5) is 10.5 Å². The average molecular weight is 236 g/mol. The standard InChI is InChI=1S/C13H20N2O2/c1-9(8-17-13(15)16)6-7-11-4-3-5-12(14)10(11)2/h3-5,9H,6-8,14H2,1-2H3,(H2,15,16). The van der Waals surface area contributed by atoms with E-state index < -0.39 is 6.09 Å². The molecule has 1 aromatic carbocycles. The number of amides is 1. The van der Waals surface area contributed by atoms with Crippen LogP contribution < -0.4 is 11.5 Å². The Morgan fingerprint density at radius 2 is 2.18 bits per heavy atom. The van der Waals surface area contributed by atoms with Gasteiger partial charge in [0, 0.05) is 5.69 Å². The molecule has 0 aliphatic carbocycles. The van der Waals surface area contributed by atoms with Gasteiger partial charge in [-0.05, 0) is 42.9 Å². The highest BCUT2D eigenvalue weighted by molar-refractivity contribution is 5.64. The van der Waals surface area contributed by atoms with Gasteiger partial charge in [-0.1, -0.05) is 19.1 Å².